The van der Waals surface area contributed by atoms with Crippen LogP contribution in [0.5, 0.6) is 0 Å². The summed E-state index contributed by atoms with van der Waals surface area (Å²) in [6.07, 6.45) is 4.68. The van der Waals surface area contributed by atoms with Gasteiger partial charge < -0.3 is 10.6 Å². The van der Waals surface area contributed by atoms with Gasteiger partial charge >= 0.3 is 0 Å². The van der Waals surface area contributed by atoms with E-state index in [0.717, 1.165) is 18.4 Å². The number of nitrogens with one attached hydrogen (secondary N) is 2. The van der Waals surface area contributed by atoms with Gasteiger partial charge in [-0.3, -0.25) is 4.79 Å². The van der Waals surface area contributed by atoms with E-state index < -0.39 is 0 Å². The molecule has 1 fully saturated rings. The van der Waals surface area contributed by atoms with E-state index in [0.29, 0.717) is 6.04 Å². The molecule has 92 valence electrons. The largest absolute Gasteiger partial charge is 0.348 e. The first kappa shape index (κ1) is 12.1. The van der Waals surface area contributed by atoms with E-state index in [2.05, 4.69) is 10.6 Å². The van der Waals surface area contributed by atoms with Gasteiger partial charge in [0, 0.05) is 17.6 Å². The summed E-state index contributed by atoms with van der Waals surface area (Å²) in [5.74, 6) is 0.0396. The molecule has 0 radical (unpaired) electrons. The molecule has 2 N–H and O–H groups in total. The van der Waals surface area contributed by atoms with Crippen LogP contribution >= 0.6 is 0 Å². The van der Waals surface area contributed by atoms with Crippen molar-refractivity contribution in [3.8, 4) is 0 Å². The Morgan fingerprint density at radius 1 is 1.12 bits per heavy atom. The van der Waals surface area contributed by atoms with Gasteiger partial charge in [0.05, 0.1) is 0 Å². The Morgan fingerprint density at radius 2 is 1.76 bits per heavy atom. The summed E-state index contributed by atoms with van der Waals surface area (Å²) in [7, 11) is 1.97. The number of rotatable bonds is 3. The number of carbonyl (C=O) groups is 1. The van der Waals surface area contributed by atoms with Gasteiger partial charge in [0.1, 0.15) is 0 Å². The van der Waals surface area contributed by atoms with Crippen LogP contribution in [0.3, 0.4) is 0 Å². The maximum atomic E-state index is 12.0. The monoisotopic (exact) mass is 232 g/mol. The molecule has 1 aliphatic carbocycles. The maximum absolute atomic E-state index is 12.0. The summed E-state index contributed by atoms with van der Waals surface area (Å²) in [6.45, 7) is 0. The van der Waals surface area contributed by atoms with E-state index in [1.54, 1.807) is 0 Å². The number of carbonyl (C=O) groups excluding carboxylic acids is 1. The number of likely N-dealkylation sites (N-methyl/N-ethyl adjacent to an activating group) is 1. The molecule has 0 spiro atoms. The van der Waals surface area contributed by atoms with E-state index in [1.165, 1.54) is 12.8 Å². The fraction of sp³-hybridized carbons (Fsp3) is 0.500. The molecule has 1 aromatic carbocycles. The van der Waals surface area contributed by atoms with Crippen molar-refractivity contribution in [2.75, 3.05) is 7.05 Å². The zero-order valence-electron chi connectivity index (χ0n) is 10.3. The molecule has 0 saturated heterocycles. The highest BCUT2D eigenvalue weighted by atomic mass is 16.1. The van der Waals surface area contributed by atoms with Crippen molar-refractivity contribution in [1.29, 1.82) is 0 Å². The highest BCUT2D eigenvalue weighted by Gasteiger charge is 2.25. The molecule has 3 heteroatoms. The molecular formula is C14H20N2O. The van der Waals surface area contributed by atoms with Crippen molar-refractivity contribution in [3.63, 3.8) is 0 Å². The van der Waals surface area contributed by atoms with Crippen LogP contribution in [0.25, 0.3) is 0 Å². The van der Waals surface area contributed by atoms with E-state index >= 15 is 0 Å². The topological polar surface area (TPSA) is 41.1 Å². The summed E-state index contributed by atoms with van der Waals surface area (Å²) < 4.78 is 0. The highest BCUT2D eigenvalue weighted by molar-refractivity contribution is 5.94. The Hall–Kier alpha value is -1.35. The van der Waals surface area contributed by atoms with Crippen LogP contribution in [0.1, 0.15) is 36.0 Å². The van der Waals surface area contributed by atoms with E-state index in [9.17, 15) is 4.79 Å². The zero-order chi connectivity index (χ0) is 12.1. The van der Waals surface area contributed by atoms with Crippen LogP contribution in [0.4, 0.5) is 0 Å². The van der Waals surface area contributed by atoms with E-state index in [-0.39, 0.29) is 11.9 Å². The average Bonchev–Trinajstić information content (AvgIpc) is 2.40. The van der Waals surface area contributed by atoms with Crippen molar-refractivity contribution in [1.82, 2.24) is 10.6 Å². The van der Waals surface area contributed by atoms with Crippen LogP contribution in [-0.2, 0) is 0 Å². The maximum Gasteiger partial charge on any atom is 0.251 e. The van der Waals surface area contributed by atoms with Crippen LogP contribution in [0.2, 0.25) is 0 Å². The van der Waals surface area contributed by atoms with Gasteiger partial charge in [-0.2, -0.15) is 0 Å². The molecule has 0 aliphatic heterocycles. The first-order valence-electron chi connectivity index (χ1n) is 6.34. The summed E-state index contributed by atoms with van der Waals surface area (Å²) in [5, 5.41) is 6.43. The summed E-state index contributed by atoms with van der Waals surface area (Å²) in [6, 6.07) is 10.1. The van der Waals surface area contributed by atoms with Gasteiger partial charge in [0.25, 0.3) is 5.91 Å². The van der Waals surface area contributed by atoms with E-state index in [1.807, 2.05) is 37.4 Å². The minimum absolute atomic E-state index is 0.0396. The molecule has 1 aliphatic rings. The minimum Gasteiger partial charge on any atom is -0.348 e. The summed E-state index contributed by atoms with van der Waals surface area (Å²) in [4.78, 5) is 12.0. The van der Waals surface area contributed by atoms with E-state index in [4.69, 9.17) is 0 Å². The van der Waals surface area contributed by atoms with Gasteiger partial charge in [-0.15, -0.1) is 0 Å². The molecule has 2 atom stereocenters. The smallest absolute Gasteiger partial charge is 0.251 e. The highest BCUT2D eigenvalue weighted by Crippen LogP contribution is 2.18. The van der Waals surface area contributed by atoms with Crippen molar-refractivity contribution >= 4 is 5.91 Å². The second-order valence-corrected chi connectivity index (χ2v) is 4.63. The quantitative estimate of drug-likeness (QED) is 0.836. The Morgan fingerprint density at radius 3 is 2.41 bits per heavy atom. The standard InChI is InChI=1S/C14H20N2O/c1-15-12-9-5-6-10-13(12)16-14(17)11-7-3-2-4-8-11/h2-4,7-8,12-13,15H,5-6,9-10H2,1H3,(H,16,17)/t12-,13-/m1/s1. The number of amides is 1. The third-order valence-electron chi connectivity index (χ3n) is 3.49. The summed E-state index contributed by atoms with van der Waals surface area (Å²) in [5.41, 5.74) is 0.743. The lowest BCUT2D eigenvalue weighted by atomic mass is 9.90. The molecule has 0 heterocycles. The summed E-state index contributed by atoms with van der Waals surface area (Å²) >= 11 is 0. The third kappa shape index (κ3) is 3.07. The Balaban J connectivity index is 1.98. The fourth-order valence-corrected chi connectivity index (χ4v) is 2.49. The Kier molecular flexibility index (Phi) is 4.15. The van der Waals surface area contributed by atoms with Crippen molar-refractivity contribution < 1.29 is 4.79 Å². The predicted octanol–water partition coefficient (Wildman–Crippen LogP) is 1.95. The lowest BCUT2D eigenvalue weighted by Gasteiger charge is -2.31. The Labute approximate surface area is 103 Å². The predicted molar refractivity (Wildman–Crippen MR) is 69.0 cm³/mol. The molecule has 2 rings (SSSR count). The molecule has 0 unspecified atom stereocenters. The Bertz CT molecular complexity index is 364. The molecular weight excluding hydrogens is 212 g/mol. The fourth-order valence-electron chi connectivity index (χ4n) is 2.49. The van der Waals surface area contributed by atoms with Gasteiger partial charge in [0.2, 0.25) is 0 Å². The second kappa shape index (κ2) is 5.82. The number of benzene rings is 1. The van der Waals surface area contributed by atoms with Gasteiger partial charge in [-0.25, -0.2) is 0 Å². The first-order valence-corrected chi connectivity index (χ1v) is 6.34. The van der Waals surface area contributed by atoms with Crippen molar-refractivity contribution in [3.05, 3.63) is 35.9 Å². The molecule has 1 amide bonds. The molecule has 3 nitrogen and oxygen atoms in total. The van der Waals surface area contributed by atoms with Crippen LogP contribution < -0.4 is 10.6 Å². The van der Waals surface area contributed by atoms with Crippen LogP contribution in [0.15, 0.2) is 30.3 Å². The first-order chi connectivity index (χ1) is 8.31. The van der Waals surface area contributed by atoms with Crippen molar-refractivity contribution in [2.24, 2.45) is 0 Å². The molecule has 0 bridgehead atoms. The second-order valence-electron chi connectivity index (χ2n) is 4.63. The molecule has 1 aromatic rings. The normalized spacial score (nSPS) is 24.3. The lowest BCUT2D eigenvalue weighted by molar-refractivity contribution is 0.0916. The molecule has 17 heavy (non-hydrogen) atoms. The third-order valence-corrected chi connectivity index (χ3v) is 3.49. The van der Waals surface area contributed by atoms with Crippen molar-refractivity contribution in [2.45, 2.75) is 37.8 Å². The average molecular weight is 232 g/mol. The van der Waals surface area contributed by atoms with Crippen LogP contribution in [0, 0.1) is 0 Å². The molecule has 0 aromatic heterocycles. The molecule has 1 saturated carbocycles. The number of hydrogen-bond donors (Lipinski definition) is 2. The number of hydrogen-bond acceptors (Lipinski definition) is 2. The lowest BCUT2D eigenvalue weighted by Crippen LogP contribution is -2.50. The SMILES string of the molecule is CN[C@@H]1CCCC[C@H]1NC(=O)c1ccccc1. The minimum atomic E-state index is 0.0396. The van der Waals surface area contributed by atoms with Crippen LogP contribution in [-0.4, -0.2) is 25.0 Å². The van der Waals surface area contributed by atoms with Gasteiger partial charge in [-0.1, -0.05) is 31.0 Å². The zero-order valence-corrected chi connectivity index (χ0v) is 10.3. The van der Waals surface area contributed by atoms with Gasteiger partial charge in [0.15, 0.2) is 0 Å². The van der Waals surface area contributed by atoms with Gasteiger partial charge in [-0.05, 0) is 32.0 Å².